The van der Waals surface area contributed by atoms with Gasteiger partial charge < -0.3 is 10.3 Å². The molecule has 0 bridgehead atoms. The van der Waals surface area contributed by atoms with Crippen LogP contribution in [0.3, 0.4) is 0 Å². The number of imidazole rings is 1. The maximum absolute atomic E-state index is 6.03. The molecule has 1 aromatic rings. The minimum Gasteiger partial charge on any atom is -0.382 e. The summed E-state index contributed by atoms with van der Waals surface area (Å²) >= 11 is 13.4. The van der Waals surface area contributed by atoms with Crippen molar-refractivity contribution in [2.75, 3.05) is 5.73 Å². The quantitative estimate of drug-likeness (QED) is 0.532. The third kappa shape index (κ3) is 3.75. The molecule has 0 amide bonds. The van der Waals surface area contributed by atoms with Crippen LogP contribution in [0.25, 0.3) is 11.5 Å². The van der Waals surface area contributed by atoms with Crippen molar-refractivity contribution < 1.29 is 0 Å². The minimum atomic E-state index is 0.349. The van der Waals surface area contributed by atoms with E-state index in [0.29, 0.717) is 45.5 Å². The highest BCUT2D eigenvalue weighted by Gasteiger charge is 2.19. The van der Waals surface area contributed by atoms with Crippen LogP contribution in [0.5, 0.6) is 0 Å². The first-order chi connectivity index (χ1) is 11.6. The van der Waals surface area contributed by atoms with Gasteiger partial charge in [-0.05, 0) is 36.4 Å². The number of unbranched alkanes of at least 4 members (excludes halogenated alkanes) is 1. The molecule has 2 aliphatic rings. The van der Waals surface area contributed by atoms with Crippen molar-refractivity contribution in [3.63, 3.8) is 0 Å². The van der Waals surface area contributed by atoms with Crippen LogP contribution in [0.1, 0.15) is 12.8 Å². The van der Waals surface area contributed by atoms with Gasteiger partial charge in [0.2, 0.25) is 0 Å². The topological polar surface area (TPSA) is 69.6 Å². The molecule has 2 heterocycles. The molecule has 0 aromatic heterocycles. The highest BCUT2D eigenvalue weighted by molar-refractivity contribution is 7.99. The highest BCUT2D eigenvalue weighted by Crippen LogP contribution is 2.34. The molecule has 0 unspecified atom stereocenters. The monoisotopic (exact) mass is 377 g/mol. The third-order valence-electron chi connectivity index (χ3n) is 3.24. The number of anilines is 1. The second-order valence-electron chi connectivity index (χ2n) is 5.02. The van der Waals surface area contributed by atoms with E-state index >= 15 is 0 Å². The Balaban J connectivity index is 1.92. The van der Waals surface area contributed by atoms with Crippen molar-refractivity contribution in [2.45, 2.75) is 29.4 Å². The first kappa shape index (κ1) is 16.9. The Kier molecular flexibility index (Phi) is 5.14. The van der Waals surface area contributed by atoms with E-state index in [4.69, 9.17) is 35.4 Å². The number of rotatable bonds is 5. The maximum atomic E-state index is 6.03. The molecule has 122 valence electrons. The number of hydrogen-bond donors (Lipinski definition) is 1. The van der Waals surface area contributed by atoms with E-state index in [2.05, 4.69) is 20.9 Å². The summed E-state index contributed by atoms with van der Waals surface area (Å²) in [5, 5.41) is 1.69. The third-order valence-corrected chi connectivity index (χ3v) is 4.51. The molecule has 3 rings (SSSR count). The average molecular weight is 378 g/mol. The van der Waals surface area contributed by atoms with E-state index in [1.54, 1.807) is 12.4 Å². The summed E-state index contributed by atoms with van der Waals surface area (Å²) in [4.78, 5) is 14.1. The molecule has 1 aromatic carbocycles. The summed E-state index contributed by atoms with van der Waals surface area (Å²) < 4.78 is 1.91. The zero-order chi connectivity index (χ0) is 17.1. The molecule has 0 spiro atoms. The largest absolute Gasteiger partial charge is 0.382 e. The van der Waals surface area contributed by atoms with Gasteiger partial charge in [0.1, 0.15) is 0 Å². The molecule has 2 N–H and O–H groups in total. The van der Waals surface area contributed by atoms with Gasteiger partial charge in [0.15, 0.2) is 22.5 Å². The highest BCUT2D eigenvalue weighted by atomic mass is 35.5. The smallest absolute Gasteiger partial charge is 0.195 e. The molecule has 8 heteroatoms. The molecule has 0 fully saturated rings. The van der Waals surface area contributed by atoms with Crippen molar-refractivity contribution in [3.8, 4) is 23.9 Å². The number of aryl methyl sites for hydroxylation is 1. The lowest BCUT2D eigenvalue weighted by atomic mass is 10.3. The number of hydrogen-bond acceptors (Lipinski definition) is 5. The van der Waals surface area contributed by atoms with Gasteiger partial charge in [-0.25, -0.2) is 15.0 Å². The first-order valence-corrected chi connectivity index (χ1v) is 8.70. The summed E-state index contributed by atoms with van der Waals surface area (Å²) in [5.74, 6) is 3.66. The Hall–Kier alpha value is -1.94. The van der Waals surface area contributed by atoms with Crippen LogP contribution < -0.4 is 5.73 Å². The van der Waals surface area contributed by atoms with Gasteiger partial charge in [0, 0.05) is 27.9 Å². The minimum absolute atomic E-state index is 0.349. The van der Waals surface area contributed by atoms with Crippen LogP contribution in [-0.4, -0.2) is 19.5 Å². The molecule has 5 nitrogen and oxygen atoms in total. The standard InChI is InChI=1S/C16H13Cl2N5S/c1-2-3-4-5-23-9-20-14(19)13-15(23)22-16(21-13)24-12-7-10(17)6-11(18)8-12/h1,6-9H,3-5,19H2. The van der Waals surface area contributed by atoms with E-state index in [-0.39, 0.29) is 0 Å². The number of terminal acetylenes is 1. The van der Waals surface area contributed by atoms with Crippen LogP contribution in [0.2, 0.25) is 10.0 Å². The number of aromatic nitrogens is 4. The predicted molar refractivity (Wildman–Crippen MR) is 97.5 cm³/mol. The predicted octanol–water partition coefficient (Wildman–Crippen LogP) is 4.23. The van der Waals surface area contributed by atoms with E-state index < -0.39 is 0 Å². The fourth-order valence-electron chi connectivity index (χ4n) is 2.19. The normalized spacial score (nSPS) is 10.9. The number of nitrogens with zero attached hydrogens (tertiary/aromatic N) is 4. The molecule has 24 heavy (non-hydrogen) atoms. The summed E-state index contributed by atoms with van der Waals surface area (Å²) in [6, 6.07) is 5.29. The van der Waals surface area contributed by atoms with Gasteiger partial charge in [-0.15, -0.1) is 12.3 Å². The number of halogens is 2. The Bertz CT molecular complexity index is 867. The van der Waals surface area contributed by atoms with Gasteiger partial charge in [-0.1, -0.05) is 23.2 Å². The maximum Gasteiger partial charge on any atom is 0.195 e. The average Bonchev–Trinajstić information content (AvgIpc) is 2.93. The Morgan fingerprint density at radius 1 is 1.21 bits per heavy atom. The lowest BCUT2D eigenvalue weighted by molar-refractivity contribution is 0.638. The van der Waals surface area contributed by atoms with Crippen LogP contribution in [0, 0.1) is 12.3 Å². The van der Waals surface area contributed by atoms with Crippen molar-refractivity contribution in [2.24, 2.45) is 0 Å². The Morgan fingerprint density at radius 3 is 2.67 bits per heavy atom. The molecule has 0 aliphatic carbocycles. The molecule has 0 radical (unpaired) electrons. The zero-order valence-electron chi connectivity index (χ0n) is 12.5. The van der Waals surface area contributed by atoms with Crippen molar-refractivity contribution in [1.29, 1.82) is 0 Å². The molecular formula is C16H13Cl2N5S. The van der Waals surface area contributed by atoms with Crippen LogP contribution >= 0.6 is 35.0 Å². The number of nitrogens with two attached hydrogens (primary N) is 1. The fraction of sp³-hybridized carbons (Fsp3) is 0.188. The second-order valence-corrected chi connectivity index (χ2v) is 6.93. The molecule has 2 aliphatic heterocycles. The van der Waals surface area contributed by atoms with Crippen LogP contribution in [0.15, 0.2) is 34.6 Å². The number of fused-ring (bicyclic) bond motifs is 1. The molecule has 0 atom stereocenters. The van der Waals surface area contributed by atoms with Crippen molar-refractivity contribution >= 4 is 40.8 Å². The van der Waals surface area contributed by atoms with Crippen molar-refractivity contribution in [1.82, 2.24) is 19.5 Å². The lowest BCUT2D eigenvalue weighted by Gasteiger charge is -2.09. The van der Waals surface area contributed by atoms with Gasteiger partial charge >= 0.3 is 0 Å². The second kappa shape index (κ2) is 7.31. The zero-order valence-corrected chi connectivity index (χ0v) is 14.9. The molecule has 0 saturated heterocycles. The SMILES string of the molecule is C#CCCCn1cnc(N)c2nc(Sc3cc(Cl)cc(Cl)c3)nc1-2. The van der Waals surface area contributed by atoms with Gasteiger partial charge in [0.05, 0.1) is 6.33 Å². The summed E-state index contributed by atoms with van der Waals surface area (Å²) in [5.41, 5.74) is 6.50. The van der Waals surface area contributed by atoms with E-state index in [1.165, 1.54) is 11.8 Å². The summed E-state index contributed by atoms with van der Waals surface area (Å²) in [6.07, 6.45) is 8.48. The van der Waals surface area contributed by atoms with E-state index in [0.717, 1.165) is 11.3 Å². The van der Waals surface area contributed by atoms with Gasteiger partial charge in [0.25, 0.3) is 0 Å². The van der Waals surface area contributed by atoms with Crippen molar-refractivity contribution in [3.05, 3.63) is 34.6 Å². The first-order valence-electron chi connectivity index (χ1n) is 7.12. The number of nitrogen functional groups attached to an aromatic ring is 1. The fourth-order valence-corrected chi connectivity index (χ4v) is 3.69. The Morgan fingerprint density at radius 2 is 1.96 bits per heavy atom. The lowest BCUT2D eigenvalue weighted by Crippen LogP contribution is -2.08. The summed E-state index contributed by atoms with van der Waals surface area (Å²) in [6.45, 7) is 0.708. The molecular weight excluding hydrogens is 365 g/mol. The number of benzene rings is 1. The van der Waals surface area contributed by atoms with Gasteiger partial charge in [-0.2, -0.15) is 0 Å². The molecule has 0 saturated carbocycles. The Labute approximate surface area is 153 Å². The van der Waals surface area contributed by atoms with Crippen LogP contribution in [-0.2, 0) is 6.54 Å². The van der Waals surface area contributed by atoms with E-state index in [1.807, 2.05) is 16.7 Å². The summed E-state index contributed by atoms with van der Waals surface area (Å²) in [7, 11) is 0. The van der Waals surface area contributed by atoms with E-state index in [9.17, 15) is 0 Å². The van der Waals surface area contributed by atoms with Gasteiger partial charge in [-0.3, -0.25) is 0 Å². The van der Waals surface area contributed by atoms with Crippen LogP contribution in [0.4, 0.5) is 5.82 Å².